The number of hydrogen-bond donors (Lipinski definition) is 1. The Labute approximate surface area is 143 Å². The molecule has 0 atom stereocenters. The summed E-state index contributed by atoms with van der Waals surface area (Å²) in [4.78, 5) is 27.0. The SMILES string of the molecule is O=C(/C=C/C(=O)c1ccc(Br)cc1)Nc1ccc(C(F)(F)F)cn1. The quantitative estimate of drug-likeness (QED) is 0.618. The number of hydrogen-bond acceptors (Lipinski definition) is 3. The molecule has 0 saturated heterocycles. The summed E-state index contributed by atoms with van der Waals surface area (Å²) in [5, 5.41) is 2.27. The lowest BCUT2D eigenvalue weighted by atomic mass is 10.1. The molecule has 0 unspecified atom stereocenters. The summed E-state index contributed by atoms with van der Waals surface area (Å²) in [7, 11) is 0. The van der Waals surface area contributed by atoms with E-state index >= 15 is 0 Å². The number of rotatable bonds is 4. The average Bonchev–Trinajstić information content (AvgIpc) is 2.53. The third-order valence-electron chi connectivity index (χ3n) is 2.86. The number of pyridine rings is 1. The topological polar surface area (TPSA) is 59.1 Å². The molecule has 0 aliphatic carbocycles. The van der Waals surface area contributed by atoms with E-state index in [4.69, 9.17) is 0 Å². The number of anilines is 1. The van der Waals surface area contributed by atoms with Crippen LogP contribution in [0.2, 0.25) is 0 Å². The van der Waals surface area contributed by atoms with Gasteiger partial charge in [-0.05, 0) is 42.5 Å². The number of benzene rings is 1. The maximum atomic E-state index is 12.4. The number of ketones is 1. The highest BCUT2D eigenvalue weighted by Gasteiger charge is 2.30. The molecule has 0 aliphatic heterocycles. The van der Waals surface area contributed by atoms with E-state index in [1.165, 1.54) is 0 Å². The van der Waals surface area contributed by atoms with Gasteiger partial charge in [0.25, 0.3) is 0 Å². The molecule has 0 spiro atoms. The Morgan fingerprint density at radius 1 is 1.04 bits per heavy atom. The van der Waals surface area contributed by atoms with Gasteiger partial charge in [-0.25, -0.2) is 4.98 Å². The zero-order valence-electron chi connectivity index (χ0n) is 12.0. The van der Waals surface area contributed by atoms with E-state index in [1.54, 1.807) is 24.3 Å². The maximum absolute atomic E-state index is 12.4. The standard InChI is InChI=1S/C16H10BrF3N2O2/c17-12-4-1-10(2-5-12)13(23)6-8-15(24)22-14-7-3-11(9-21-14)16(18,19)20/h1-9H,(H,21,22,24)/b8-6+. The minimum atomic E-state index is -4.49. The monoisotopic (exact) mass is 398 g/mol. The number of aromatic nitrogens is 1. The second-order valence-electron chi connectivity index (χ2n) is 4.62. The molecule has 0 fully saturated rings. The molecule has 2 aromatic rings. The highest BCUT2D eigenvalue weighted by molar-refractivity contribution is 9.10. The molecule has 0 aliphatic rings. The Balaban J connectivity index is 1.97. The number of allylic oxidation sites excluding steroid dienone is 1. The third-order valence-corrected chi connectivity index (χ3v) is 3.39. The van der Waals surface area contributed by atoms with Gasteiger partial charge in [0.05, 0.1) is 5.56 Å². The Morgan fingerprint density at radius 3 is 2.25 bits per heavy atom. The lowest BCUT2D eigenvalue weighted by Crippen LogP contribution is -2.11. The van der Waals surface area contributed by atoms with Crippen molar-refractivity contribution in [3.05, 3.63) is 70.3 Å². The molecule has 1 amide bonds. The highest BCUT2D eigenvalue weighted by Crippen LogP contribution is 2.28. The van der Waals surface area contributed by atoms with Gasteiger partial charge in [-0.3, -0.25) is 9.59 Å². The van der Waals surface area contributed by atoms with Crippen molar-refractivity contribution in [1.82, 2.24) is 4.98 Å². The van der Waals surface area contributed by atoms with E-state index in [-0.39, 0.29) is 11.6 Å². The molecule has 1 aromatic carbocycles. The van der Waals surface area contributed by atoms with Crippen LogP contribution in [0.4, 0.5) is 19.0 Å². The van der Waals surface area contributed by atoms with Crippen LogP contribution in [-0.4, -0.2) is 16.7 Å². The van der Waals surface area contributed by atoms with Crippen molar-refractivity contribution >= 4 is 33.4 Å². The number of carbonyl (C=O) groups is 2. The van der Waals surface area contributed by atoms with Crippen LogP contribution in [0.5, 0.6) is 0 Å². The molecule has 124 valence electrons. The largest absolute Gasteiger partial charge is 0.417 e. The van der Waals surface area contributed by atoms with Crippen LogP contribution < -0.4 is 5.32 Å². The van der Waals surface area contributed by atoms with Crippen LogP contribution >= 0.6 is 15.9 Å². The lowest BCUT2D eigenvalue weighted by Gasteiger charge is -2.06. The van der Waals surface area contributed by atoms with E-state index in [2.05, 4.69) is 26.2 Å². The summed E-state index contributed by atoms with van der Waals surface area (Å²) < 4.78 is 38.0. The van der Waals surface area contributed by atoms with Gasteiger partial charge < -0.3 is 5.32 Å². The summed E-state index contributed by atoms with van der Waals surface area (Å²) >= 11 is 3.24. The van der Waals surface area contributed by atoms with Crippen LogP contribution in [0.1, 0.15) is 15.9 Å². The predicted molar refractivity (Wildman–Crippen MR) is 85.5 cm³/mol. The van der Waals surface area contributed by atoms with Crippen molar-refractivity contribution in [2.24, 2.45) is 0 Å². The second kappa shape index (κ2) is 7.39. The first-order valence-corrected chi connectivity index (χ1v) is 7.37. The smallest absolute Gasteiger partial charge is 0.307 e. The summed E-state index contributed by atoms with van der Waals surface area (Å²) in [5.41, 5.74) is -0.517. The van der Waals surface area contributed by atoms with Gasteiger partial charge in [0.2, 0.25) is 5.91 Å². The molecule has 1 aromatic heterocycles. The fraction of sp³-hybridized carbons (Fsp3) is 0.0625. The molecule has 0 saturated carbocycles. The zero-order chi connectivity index (χ0) is 17.7. The molecule has 4 nitrogen and oxygen atoms in total. The summed E-state index contributed by atoms with van der Waals surface area (Å²) in [6, 6.07) is 8.39. The minimum absolute atomic E-state index is 0.0475. The van der Waals surface area contributed by atoms with Crippen LogP contribution in [-0.2, 0) is 11.0 Å². The van der Waals surface area contributed by atoms with Gasteiger partial charge in [-0.1, -0.05) is 15.9 Å². The van der Waals surface area contributed by atoms with Gasteiger partial charge in [-0.15, -0.1) is 0 Å². The first-order chi connectivity index (χ1) is 11.3. The fourth-order valence-electron chi connectivity index (χ4n) is 1.67. The van der Waals surface area contributed by atoms with Crippen LogP contribution in [0.25, 0.3) is 0 Å². The van der Waals surface area contributed by atoms with Crippen LogP contribution in [0.15, 0.2) is 59.2 Å². The van der Waals surface area contributed by atoms with Crippen LogP contribution in [0, 0.1) is 0 Å². The predicted octanol–water partition coefficient (Wildman–Crippen LogP) is 4.24. The second-order valence-corrected chi connectivity index (χ2v) is 5.54. The van der Waals surface area contributed by atoms with Crippen molar-refractivity contribution in [2.45, 2.75) is 6.18 Å². The molecule has 1 heterocycles. The van der Waals surface area contributed by atoms with Crippen molar-refractivity contribution in [2.75, 3.05) is 5.32 Å². The summed E-state index contributed by atoms with van der Waals surface area (Å²) in [6.45, 7) is 0. The average molecular weight is 399 g/mol. The van der Waals surface area contributed by atoms with Crippen molar-refractivity contribution in [3.63, 3.8) is 0 Å². The van der Waals surface area contributed by atoms with Crippen LogP contribution in [0.3, 0.4) is 0 Å². The number of alkyl halides is 3. The van der Waals surface area contributed by atoms with E-state index in [9.17, 15) is 22.8 Å². The molecule has 24 heavy (non-hydrogen) atoms. The van der Waals surface area contributed by atoms with E-state index < -0.39 is 17.6 Å². The van der Waals surface area contributed by atoms with Gasteiger partial charge in [-0.2, -0.15) is 13.2 Å². The maximum Gasteiger partial charge on any atom is 0.417 e. The molecule has 0 radical (unpaired) electrons. The Kier molecular flexibility index (Phi) is 5.50. The van der Waals surface area contributed by atoms with Gasteiger partial charge >= 0.3 is 6.18 Å². The fourth-order valence-corrected chi connectivity index (χ4v) is 1.93. The number of amides is 1. The third kappa shape index (κ3) is 5.02. The van der Waals surface area contributed by atoms with Gasteiger partial charge in [0.15, 0.2) is 5.78 Å². The highest BCUT2D eigenvalue weighted by atomic mass is 79.9. The number of nitrogens with one attached hydrogen (secondary N) is 1. The molecular weight excluding hydrogens is 389 g/mol. The summed E-state index contributed by atoms with van der Waals surface area (Å²) in [5.74, 6) is -1.10. The van der Waals surface area contributed by atoms with E-state index in [1.807, 2.05) is 0 Å². The first kappa shape index (κ1) is 17.9. The molecule has 8 heteroatoms. The Morgan fingerprint density at radius 2 is 1.71 bits per heavy atom. The van der Waals surface area contributed by atoms with Gasteiger partial charge in [0, 0.05) is 22.3 Å². The lowest BCUT2D eigenvalue weighted by molar-refractivity contribution is -0.137. The minimum Gasteiger partial charge on any atom is -0.307 e. The van der Waals surface area contributed by atoms with Crippen molar-refractivity contribution in [1.29, 1.82) is 0 Å². The molecule has 0 bridgehead atoms. The van der Waals surface area contributed by atoms with Gasteiger partial charge in [0.1, 0.15) is 5.82 Å². The van der Waals surface area contributed by atoms with Crippen molar-refractivity contribution < 1.29 is 22.8 Å². The normalized spacial score (nSPS) is 11.5. The molecular formula is C16H10BrF3N2O2. The number of carbonyl (C=O) groups excluding carboxylic acids is 2. The van der Waals surface area contributed by atoms with E-state index in [0.717, 1.165) is 28.8 Å². The zero-order valence-corrected chi connectivity index (χ0v) is 13.6. The Bertz CT molecular complexity index is 769. The Hall–Kier alpha value is -2.48. The van der Waals surface area contributed by atoms with E-state index in [0.29, 0.717) is 11.8 Å². The van der Waals surface area contributed by atoms with Crippen molar-refractivity contribution in [3.8, 4) is 0 Å². The number of nitrogens with zero attached hydrogens (tertiary/aromatic N) is 1. The summed E-state index contributed by atoms with van der Waals surface area (Å²) in [6.07, 6.45) is -1.81. The molecule has 2 rings (SSSR count). The first-order valence-electron chi connectivity index (χ1n) is 6.58. The molecule has 1 N–H and O–H groups in total. The number of halogens is 4.